The van der Waals surface area contributed by atoms with Crippen molar-refractivity contribution in [2.45, 2.75) is 18.8 Å². The Morgan fingerprint density at radius 3 is 2.40 bits per heavy atom. The van der Waals surface area contributed by atoms with Gasteiger partial charge in [-0.3, -0.25) is 9.59 Å². The van der Waals surface area contributed by atoms with Crippen molar-refractivity contribution >= 4 is 23.8 Å². The average Bonchev–Trinajstić information content (AvgIpc) is 3.43. The van der Waals surface area contributed by atoms with Crippen LogP contribution in [0, 0.1) is 0 Å². The van der Waals surface area contributed by atoms with Crippen molar-refractivity contribution in [3.05, 3.63) is 47.8 Å². The van der Waals surface area contributed by atoms with Crippen molar-refractivity contribution in [2.75, 3.05) is 44.2 Å². The smallest absolute Gasteiger partial charge is 0.395 e. The normalized spacial score (nSPS) is 21.1. The van der Waals surface area contributed by atoms with Crippen LogP contribution in [0.3, 0.4) is 0 Å². The highest BCUT2D eigenvalue weighted by molar-refractivity contribution is 5.94. The summed E-state index contributed by atoms with van der Waals surface area (Å²) in [7, 11) is 0. The van der Waals surface area contributed by atoms with Gasteiger partial charge in [-0.05, 0) is 30.2 Å². The number of fused-ring (bicyclic) bond motifs is 1. The zero-order chi connectivity index (χ0) is 24.6. The van der Waals surface area contributed by atoms with Gasteiger partial charge in [-0.2, -0.15) is 0 Å². The molecule has 2 saturated heterocycles. The molecule has 1 aromatic carbocycles. The van der Waals surface area contributed by atoms with Crippen molar-refractivity contribution in [3.8, 4) is 11.5 Å². The predicted octanol–water partition coefficient (Wildman–Crippen LogP) is 1.37. The molecule has 0 spiro atoms. The largest absolute Gasteiger partial charge is 0.586 e. The number of carbonyl (C=O) groups is 2. The molecule has 1 aromatic heterocycles. The number of aromatic nitrogens is 2. The molecule has 0 unspecified atom stereocenters. The molecule has 0 aliphatic carbocycles. The molecule has 2 amide bonds. The Morgan fingerprint density at radius 1 is 1.03 bits per heavy atom. The molecule has 1 atom stereocenters. The van der Waals surface area contributed by atoms with E-state index in [4.69, 9.17) is 0 Å². The van der Waals surface area contributed by atoms with Crippen LogP contribution >= 0.6 is 0 Å². The molecule has 5 rings (SSSR count). The first-order chi connectivity index (χ1) is 16.8. The van der Waals surface area contributed by atoms with E-state index >= 15 is 0 Å². The predicted molar refractivity (Wildman–Crippen MR) is 119 cm³/mol. The third-order valence-electron chi connectivity index (χ3n) is 6.05. The first kappa shape index (κ1) is 23.0. The lowest BCUT2D eigenvalue weighted by Gasteiger charge is -2.34. The minimum absolute atomic E-state index is 0.0610. The van der Waals surface area contributed by atoms with E-state index in [1.165, 1.54) is 36.7 Å². The van der Waals surface area contributed by atoms with Crippen LogP contribution in [0.4, 0.5) is 14.7 Å². The van der Waals surface area contributed by atoms with Gasteiger partial charge in [0.15, 0.2) is 11.5 Å². The van der Waals surface area contributed by atoms with Gasteiger partial charge in [0.1, 0.15) is 0 Å². The molecule has 184 valence electrons. The summed E-state index contributed by atoms with van der Waals surface area (Å²) in [6.07, 6.45) is 2.42. The number of halogens is 2. The molecule has 1 N–H and O–H groups in total. The maximum absolute atomic E-state index is 13.1. The second kappa shape index (κ2) is 9.10. The summed E-state index contributed by atoms with van der Waals surface area (Å²) < 4.78 is 35.1. The maximum Gasteiger partial charge on any atom is 0.586 e. The molecule has 3 aliphatic rings. The molecule has 4 heterocycles. The first-order valence-electron chi connectivity index (χ1n) is 11.2. The molecule has 2 aromatic rings. The van der Waals surface area contributed by atoms with Crippen LogP contribution in [0.2, 0.25) is 0 Å². The molecular weight excluding hydrogens is 464 g/mol. The van der Waals surface area contributed by atoms with Gasteiger partial charge in [-0.15, -0.1) is 8.78 Å². The molecular formula is C23H23F2N5O5. The molecule has 35 heavy (non-hydrogen) atoms. The fourth-order valence-corrected chi connectivity index (χ4v) is 4.17. The van der Waals surface area contributed by atoms with Crippen molar-refractivity contribution < 1.29 is 33.0 Å². The minimum Gasteiger partial charge on any atom is -0.395 e. The van der Waals surface area contributed by atoms with Gasteiger partial charge in [0, 0.05) is 57.7 Å². The molecule has 10 nitrogen and oxygen atoms in total. The number of hydrogen-bond acceptors (Lipinski definition) is 8. The topological polar surface area (TPSA) is 108 Å². The zero-order valence-corrected chi connectivity index (χ0v) is 18.6. The van der Waals surface area contributed by atoms with Crippen molar-refractivity contribution in [1.29, 1.82) is 0 Å². The van der Waals surface area contributed by atoms with Crippen LogP contribution in [0.15, 0.2) is 36.7 Å². The minimum atomic E-state index is -3.69. The van der Waals surface area contributed by atoms with Gasteiger partial charge in [0.25, 0.3) is 5.91 Å². The van der Waals surface area contributed by atoms with E-state index in [-0.39, 0.29) is 29.4 Å². The van der Waals surface area contributed by atoms with Crippen LogP contribution in [0.5, 0.6) is 11.5 Å². The number of ether oxygens (including phenoxy) is 2. The molecule has 0 bridgehead atoms. The number of carbonyl (C=O) groups excluding carboxylic acids is 2. The summed E-state index contributed by atoms with van der Waals surface area (Å²) in [5.74, 6) is -0.129. The number of aliphatic hydroxyl groups excluding tert-OH is 1. The number of hydrogen-bond donors (Lipinski definition) is 1. The SMILES string of the molecule is O=C(/C=C/c1ccc2c(c1)OC(F)(F)O2)N1CCN(C(=O)c2cnc(N3CC[C@H](O)C3)nc2)CC1. The van der Waals surface area contributed by atoms with Crippen LogP contribution < -0.4 is 14.4 Å². The molecule has 12 heteroatoms. The van der Waals surface area contributed by atoms with E-state index < -0.39 is 6.29 Å². The number of alkyl halides is 2. The number of aliphatic hydroxyl groups is 1. The van der Waals surface area contributed by atoms with Gasteiger partial charge in [-0.25, -0.2) is 9.97 Å². The number of benzene rings is 1. The molecule has 0 radical (unpaired) electrons. The van der Waals surface area contributed by atoms with E-state index in [0.717, 1.165) is 0 Å². The van der Waals surface area contributed by atoms with E-state index in [1.807, 2.05) is 4.90 Å². The van der Waals surface area contributed by atoms with E-state index in [9.17, 15) is 23.5 Å². The zero-order valence-electron chi connectivity index (χ0n) is 18.6. The molecule has 3 aliphatic heterocycles. The standard InChI is InChI=1S/C23H23F2N5O5/c24-23(25)34-18-3-1-15(11-19(18)35-23)2-4-20(32)28-7-9-29(10-8-28)21(33)16-12-26-22(27-13-16)30-6-5-17(31)14-30/h1-4,11-13,17,31H,5-10,14H2/b4-2+/t17-/m0/s1. The second-order valence-electron chi connectivity index (χ2n) is 8.48. The van der Waals surface area contributed by atoms with Gasteiger partial charge in [0.05, 0.1) is 11.7 Å². The van der Waals surface area contributed by atoms with Gasteiger partial charge >= 0.3 is 6.29 Å². The lowest BCUT2D eigenvalue weighted by Crippen LogP contribution is -2.50. The van der Waals surface area contributed by atoms with Gasteiger partial charge in [0.2, 0.25) is 11.9 Å². The van der Waals surface area contributed by atoms with E-state index in [0.29, 0.717) is 62.8 Å². The van der Waals surface area contributed by atoms with E-state index in [1.54, 1.807) is 15.9 Å². The lowest BCUT2D eigenvalue weighted by molar-refractivity contribution is -0.286. The summed E-state index contributed by atoms with van der Waals surface area (Å²) in [5, 5.41) is 9.65. The Bertz CT molecular complexity index is 1150. The number of nitrogens with zero attached hydrogens (tertiary/aromatic N) is 5. The number of amides is 2. The number of rotatable bonds is 4. The molecule has 0 saturated carbocycles. The van der Waals surface area contributed by atoms with Gasteiger partial charge in [-0.1, -0.05) is 6.07 Å². The third-order valence-corrected chi connectivity index (χ3v) is 6.05. The Kier molecular flexibility index (Phi) is 5.97. The van der Waals surface area contributed by atoms with Crippen molar-refractivity contribution in [3.63, 3.8) is 0 Å². The molecule has 2 fully saturated rings. The van der Waals surface area contributed by atoms with Crippen molar-refractivity contribution in [1.82, 2.24) is 19.8 Å². The monoisotopic (exact) mass is 487 g/mol. The third kappa shape index (κ3) is 5.02. The fourth-order valence-electron chi connectivity index (χ4n) is 4.17. The van der Waals surface area contributed by atoms with Crippen LogP contribution in [-0.4, -0.2) is 88.4 Å². The second-order valence-corrected chi connectivity index (χ2v) is 8.48. The van der Waals surface area contributed by atoms with Crippen LogP contribution in [-0.2, 0) is 4.79 Å². The summed E-state index contributed by atoms with van der Waals surface area (Å²) in [6, 6.07) is 4.27. The van der Waals surface area contributed by atoms with Gasteiger partial charge < -0.3 is 29.3 Å². The number of anilines is 1. The Labute approximate surface area is 199 Å². The maximum atomic E-state index is 13.1. The average molecular weight is 487 g/mol. The van der Waals surface area contributed by atoms with Crippen LogP contribution in [0.1, 0.15) is 22.3 Å². The Balaban J connectivity index is 1.13. The summed E-state index contributed by atoms with van der Waals surface area (Å²) in [5.41, 5.74) is 0.876. The quantitative estimate of drug-likeness (QED) is 0.645. The van der Waals surface area contributed by atoms with Crippen molar-refractivity contribution in [2.24, 2.45) is 0 Å². The first-order valence-corrected chi connectivity index (χ1v) is 11.2. The summed E-state index contributed by atoms with van der Waals surface area (Å²) >= 11 is 0. The Hall–Kier alpha value is -3.80. The highest BCUT2D eigenvalue weighted by Gasteiger charge is 2.43. The highest BCUT2D eigenvalue weighted by Crippen LogP contribution is 2.41. The summed E-state index contributed by atoms with van der Waals surface area (Å²) in [6.45, 7) is 2.57. The number of piperazine rings is 1. The van der Waals surface area contributed by atoms with E-state index in [2.05, 4.69) is 19.4 Å². The lowest BCUT2D eigenvalue weighted by atomic mass is 10.2. The highest BCUT2D eigenvalue weighted by atomic mass is 19.3. The van der Waals surface area contributed by atoms with Crippen LogP contribution in [0.25, 0.3) is 6.08 Å². The Morgan fingerprint density at radius 2 is 1.71 bits per heavy atom. The fraction of sp³-hybridized carbons (Fsp3) is 0.391. The summed E-state index contributed by atoms with van der Waals surface area (Å²) in [4.78, 5) is 39.0. The number of β-amino-alcohol motifs (C(OH)–C–C–N with tert-alkyl or cyclic N) is 1.